The van der Waals surface area contributed by atoms with Gasteiger partial charge in [0.2, 0.25) is 5.78 Å². The molecule has 28 heteroatoms. The van der Waals surface area contributed by atoms with E-state index in [-0.39, 0.29) is 63.3 Å². The summed E-state index contributed by atoms with van der Waals surface area (Å²) in [6.07, 6.45) is 2.88. The molecule has 71 heavy (non-hydrogen) atoms. The van der Waals surface area contributed by atoms with Crippen molar-refractivity contribution in [1.82, 2.24) is 35.2 Å². The highest BCUT2D eigenvalue weighted by Gasteiger charge is 2.27. The molecule has 1 aliphatic rings. The van der Waals surface area contributed by atoms with Crippen LogP contribution in [0.4, 0.5) is 28.9 Å². The summed E-state index contributed by atoms with van der Waals surface area (Å²) in [5.74, 6) is -1.38. The first-order chi connectivity index (χ1) is 32.6. The smallest absolute Gasteiger partial charge is 0.287 e. The molecule has 0 fully saturated rings. The van der Waals surface area contributed by atoms with E-state index in [2.05, 4.69) is 67.2 Å². The van der Waals surface area contributed by atoms with Crippen molar-refractivity contribution in [2.24, 2.45) is 4.99 Å². The minimum absolute atomic E-state index is 0. The number of aliphatic imine (C=N–C) groups is 1. The highest BCUT2D eigenvalue weighted by molar-refractivity contribution is 14.1. The molecule has 5 aromatic heterocycles. The van der Waals surface area contributed by atoms with Crippen LogP contribution in [-0.4, -0.2) is 84.1 Å². The number of aromatic amines is 1. The molecule has 0 radical (unpaired) electrons. The lowest BCUT2D eigenvalue weighted by Crippen LogP contribution is -2.28. The number of rotatable bonds is 12. The molecule has 7 aromatic rings. The van der Waals surface area contributed by atoms with Crippen LogP contribution in [0.25, 0.3) is 11.0 Å². The summed E-state index contributed by atoms with van der Waals surface area (Å²) in [5, 5.41) is 7.25. The van der Waals surface area contributed by atoms with Crippen molar-refractivity contribution < 1.29 is 48.8 Å². The number of hydrogen-bond acceptors (Lipinski definition) is 13. The third-order valence-electron chi connectivity index (χ3n) is 9.28. The quantitative estimate of drug-likeness (QED) is 0.0449. The first kappa shape index (κ1) is 58.0. The van der Waals surface area contributed by atoms with Gasteiger partial charge in [-0.3, -0.25) is 38.9 Å². The van der Waals surface area contributed by atoms with E-state index < -0.39 is 65.5 Å². The lowest BCUT2D eigenvalue weighted by Gasteiger charge is -2.17. The van der Waals surface area contributed by atoms with Crippen LogP contribution in [0.5, 0.6) is 0 Å². The Balaban J connectivity index is 0.000000254. The number of anilines is 2. The second kappa shape index (κ2) is 24.7. The van der Waals surface area contributed by atoms with Crippen LogP contribution in [0.2, 0.25) is 20.1 Å². The minimum Gasteiger partial charge on any atom is -0.287 e. The van der Waals surface area contributed by atoms with Crippen molar-refractivity contribution >= 4 is 129 Å². The molecule has 0 unspecified atom stereocenters. The van der Waals surface area contributed by atoms with Gasteiger partial charge in [0.05, 0.1) is 56.8 Å². The molecule has 0 aliphatic carbocycles. The van der Waals surface area contributed by atoms with E-state index in [1.807, 2.05) is 18.5 Å². The van der Waals surface area contributed by atoms with E-state index in [0.29, 0.717) is 11.0 Å². The molecule has 3 N–H and O–H groups in total. The molecule has 0 atom stereocenters. The van der Waals surface area contributed by atoms with Gasteiger partial charge in [0, 0.05) is 79.3 Å². The number of benzene rings is 2. The lowest BCUT2D eigenvalue weighted by molar-refractivity contribution is -0.0759. The van der Waals surface area contributed by atoms with Crippen molar-refractivity contribution in [3.8, 4) is 0 Å². The second-order valence-corrected chi connectivity index (χ2v) is 19.9. The summed E-state index contributed by atoms with van der Waals surface area (Å²) >= 11 is 25.4. The van der Waals surface area contributed by atoms with Crippen molar-refractivity contribution in [3.63, 3.8) is 0 Å². The molecule has 1 aliphatic heterocycles. The fourth-order valence-corrected chi connectivity index (χ4v) is 9.40. The van der Waals surface area contributed by atoms with Gasteiger partial charge in [-0.05, 0) is 83.3 Å². The molecule has 0 saturated heterocycles. The monoisotopic (exact) mass is 1210 g/mol. The average molecular weight is 1210 g/mol. The molecule has 6 heterocycles. The summed E-state index contributed by atoms with van der Waals surface area (Å²) in [6, 6.07) is 11.5. The number of H-pyrrole nitrogens is 1. The number of amides is 1. The first-order valence-electron chi connectivity index (χ1n) is 18.9. The molecule has 8 rings (SSSR count). The van der Waals surface area contributed by atoms with Gasteiger partial charge < -0.3 is 0 Å². The number of hydroxylamine groups is 2. The Morgan fingerprint density at radius 3 is 1.79 bits per heavy atom. The molecule has 1 amide bonds. The van der Waals surface area contributed by atoms with Crippen LogP contribution in [0.3, 0.4) is 0 Å². The maximum Gasteiger partial charge on any atom is 0.297 e. The summed E-state index contributed by atoms with van der Waals surface area (Å²) in [5.41, 5.74) is 0.515. The summed E-state index contributed by atoms with van der Waals surface area (Å²) in [7, 11) is -6.21. The fourth-order valence-electron chi connectivity index (χ4n) is 5.89. The van der Waals surface area contributed by atoms with Crippen LogP contribution in [0.1, 0.15) is 76.6 Å². The maximum atomic E-state index is 13.2. The second-order valence-electron chi connectivity index (χ2n) is 13.7. The number of nitrogens with zero attached hydrogens (tertiary/aromatic N) is 7. The van der Waals surface area contributed by atoms with Crippen LogP contribution >= 0.6 is 69.0 Å². The van der Waals surface area contributed by atoms with Gasteiger partial charge in [-0.2, -0.15) is 5.10 Å². The number of nitrogens with one attached hydrogen (secondary N) is 3. The van der Waals surface area contributed by atoms with Crippen molar-refractivity contribution in [2.45, 2.75) is 44.0 Å². The van der Waals surface area contributed by atoms with Crippen molar-refractivity contribution in [2.75, 3.05) is 23.6 Å². The average Bonchev–Trinajstić information content (AvgIpc) is 4.00. The molecular weight excluding hydrogens is 1180 g/mol. The molecular formula is C43H37Cl4F4IN10O7S2. The van der Waals surface area contributed by atoms with E-state index in [9.17, 15) is 44.0 Å². The Morgan fingerprint density at radius 2 is 1.27 bits per heavy atom. The number of pyridine rings is 4. The molecule has 17 nitrogen and oxygen atoms in total. The zero-order valence-corrected chi connectivity index (χ0v) is 41.6. The van der Waals surface area contributed by atoms with E-state index in [1.165, 1.54) is 54.0 Å². The Hall–Kier alpha value is -5.61. The Morgan fingerprint density at radius 1 is 0.746 bits per heavy atom. The van der Waals surface area contributed by atoms with Crippen LogP contribution in [-0.2, 0) is 31.4 Å². The predicted molar refractivity (Wildman–Crippen MR) is 271 cm³/mol. The number of carbonyl (C=O) groups is 2. The molecule has 0 saturated carbocycles. The van der Waals surface area contributed by atoms with E-state index in [1.54, 1.807) is 0 Å². The number of fused-ring (bicyclic) bond motifs is 2. The SMILES string of the molecule is C.C.CON(C)C(=O)c1ncc(Cl)cc1NS(=O)(=O)c1ccc(Cl)c(C(F)F)c1.Ic1ccnc2c1C=NC2.O=C(c1ncc(Cl)cc1NS(=O)(=O)c1ccc(Cl)c(C(F)F)c1)c1ccnc2[nH]ncc12. The molecule has 376 valence electrons. The maximum absolute atomic E-state index is 13.2. The van der Waals surface area contributed by atoms with Gasteiger partial charge in [-0.1, -0.05) is 61.3 Å². The Bertz CT molecular complexity index is 3360. The standard InChI is InChI=1S/C19H11Cl2F2N5O3S.C15H13Cl2F2N3O4S.C7H5IN2.2CH4/c20-9-5-15(28-32(30,31)10-1-2-14(21)12(6-10)18(22)23)16(25-7-9)17(29)11-3-4-24-19-13(11)8-26-27-19;1-22(26-2)15(23)13-12(5-8(16)7-20-13)21-27(24,25)9-3-4-11(17)10(6-9)14(18)19;8-6-1-2-10-7-4-9-3-5(6)7;;/h1-8,18,28H,(H,24,26,27);3-7,14,21H,1-2H3;1-3H,4H2;2*1H4. The van der Waals surface area contributed by atoms with Gasteiger partial charge in [0.25, 0.3) is 38.8 Å². The zero-order chi connectivity index (χ0) is 50.4. The van der Waals surface area contributed by atoms with Gasteiger partial charge in [-0.15, -0.1) is 0 Å². The Kier molecular flexibility index (Phi) is 20.1. The zero-order valence-electron chi connectivity index (χ0n) is 34.8. The van der Waals surface area contributed by atoms with Gasteiger partial charge in [0.1, 0.15) is 5.69 Å². The number of sulfonamides is 2. The van der Waals surface area contributed by atoms with E-state index >= 15 is 0 Å². The Labute approximate surface area is 437 Å². The number of alkyl halides is 4. The minimum atomic E-state index is -4.40. The van der Waals surface area contributed by atoms with Gasteiger partial charge in [0.15, 0.2) is 11.3 Å². The van der Waals surface area contributed by atoms with Crippen molar-refractivity contribution in [3.05, 3.63) is 155 Å². The highest BCUT2D eigenvalue weighted by Crippen LogP contribution is 2.33. The summed E-state index contributed by atoms with van der Waals surface area (Å²) in [6.45, 7) is 0.756. The summed E-state index contributed by atoms with van der Waals surface area (Å²) in [4.78, 5) is 49.4. The number of carbonyl (C=O) groups excluding carboxylic acids is 2. The number of aromatic nitrogens is 6. The third kappa shape index (κ3) is 13.9. The molecule has 2 aromatic carbocycles. The van der Waals surface area contributed by atoms with E-state index in [4.69, 9.17) is 51.2 Å². The van der Waals surface area contributed by atoms with Crippen LogP contribution in [0.15, 0.2) is 106 Å². The summed E-state index contributed by atoms with van der Waals surface area (Å²) < 4.78 is 109. The fraction of sp³-hybridized carbons (Fsp3) is 0.163. The predicted octanol–water partition coefficient (Wildman–Crippen LogP) is 11.3. The highest BCUT2D eigenvalue weighted by atomic mass is 127. The van der Waals surface area contributed by atoms with Crippen molar-refractivity contribution in [1.29, 1.82) is 0 Å². The number of hydrogen-bond donors (Lipinski definition) is 3. The lowest BCUT2D eigenvalue weighted by atomic mass is 10.1. The van der Waals surface area contributed by atoms with Crippen LogP contribution < -0.4 is 9.44 Å². The van der Waals surface area contributed by atoms with Gasteiger partial charge >= 0.3 is 0 Å². The van der Waals surface area contributed by atoms with Crippen LogP contribution in [0, 0.1) is 3.57 Å². The normalized spacial score (nSPS) is 11.6. The first-order valence-corrected chi connectivity index (χ1v) is 24.5. The van der Waals surface area contributed by atoms with E-state index in [0.717, 1.165) is 66.0 Å². The topological polar surface area (TPSA) is 232 Å². The molecule has 0 spiro atoms. The molecule has 0 bridgehead atoms. The third-order valence-corrected chi connectivity index (χ3v) is 14.0. The van der Waals surface area contributed by atoms with Gasteiger partial charge in [-0.25, -0.2) is 54.4 Å². The number of halogens is 9. The number of ketones is 1. The largest absolute Gasteiger partial charge is 0.297 e.